The van der Waals surface area contributed by atoms with Crippen molar-refractivity contribution in [2.24, 2.45) is 5.73 Å². The molecule has 0 amide bonds. The summed E-state index contributed by atoms with van der Waals surface area (Å²) in [5, 5.41) is 8.63. The summed E-state index contributed by atoms with van der Waals surface area (Å²) in [6, 6.07) is 0.777. The Labute approximate surface area is 95.5 Å². The number of rotatable bonds is 2. The van der Waals surface area contributed by atoms with Crippen molar-refractivity contribution in [2.45, 2.75) is 12.2 Å². The van der Waals surface area contributed by atoms with Crippen LogP contribution in [0.25, 0.3) is 0 Å². The van der Waals surface area contributed by atoms with Crippen molar-refractivity contribution in [3.05, 3.63) is 35.1 Å². The maximum atomic E-state index is 13.0. The first kappa shape index (κ1) is 15.2. The number of alkyl halides is 3. The van der Waals surface area contributed by atoms with E-state index in [1.165, 1.54) is 0 Å². The zero-order chi connectivity index (χ0) is 11.6. The van der Waals surface area contributed by atoms with E-state index in [0.29, 0.717) is 18.2 Å². The highest BCUT2D eigenvalue weighted by Gasteiger charge is 2.31. The van der Waals surface area contributed by atoms with Gasteiger partial charge in [-0.05, 0) is 18.2 Å². The standard InChI is InChI=1S/C9H9F4NO.ClH/c10-7-2-1-5(9(11,12)13)3-6(7)8(14)4-15;/h1-3,8,15H,4,14H2;1H/t8-;/m1./s1. The largest absolute Gasteiger partial charge is 0.416 e. The van der Waals surface area contributed by atoms with Gasteiger partial charge in [0.05, 0.1) is 18.2 Å². The lowest BCUT2D eigenvalue weighted by Crippen LogP contribution is -2.17. The first-order chi connectivity index (χ1) is 6.86. The second-order valence-electron chi connectivity index (χ2n) is 3.02. The van der Waals surface area contributed by atoms with Crippen molar-refractivity contribution in [1.82, 2.24) is 0 Å². The van der Waals surface area contributed by atoms with Gasteiger partial charge in [0.25, 0.3) is 0 Å². The monoisotopic (exact) mass is 259 g/mol. The Balaban J connectivity index is 0.00000225. The lowest BCUT2D eigenvalue weighted by Gasteiger charge is -2.13. The molecule has 0 spiro atoms. The van der Waals surface area contributed by atoms with E-state index >= 15 is 0 Å². The summed E-state index contributed by atoms with van der Waals surface area (Å²) in [6.45, 7) is -0.613. The smallest absolute Gasteiger partial charge is 0.394 e. The molecule has 0 bridgehead atoms. The van der Waals surface area contributed by atoms with Gasteiger partial charge in [0.2, 0.25) is 0 Å². The lowest BCUT2D eigenvalue weighted by molar-refractivity contribution is -0.137. The van der Waals surface area contributed by atoms with Crippen LogP contribution in [0.3, 0.4) is 0 Å². The van der Waals surface area contributed by atoms with Gasteiger partial charge in [-0.3, -0.25) is 0 Å². The second-order valence-corrected chi connectivity index (χ2v) is 3.02. The molecular formula is C9H10ClF4NO. The van der Waals surface area contributed by atoms with Gasteiger partial charge in [-0.15, -0.1) is 12.4 Å². The van der Waals surface area contributed by atoms with E-state index in [4.69, 9.17) is 10.8 Å². The molecule has 16 heavy (non-hydrogen) atoms. The van der Waals surface area contributed by atoms with Crippen molar-refractivity contribution in [2.75, 3.05) is 6.61 Å². The number of benzene rings is 1. The van der Waals surface area contributed by atoms with E-state index in [0.717, 1.165) is 0 Å². The average Bonchev–Trinajstić information content (AvgIpc) is 2.15. The minimum atomic E-state index is -4.54. The van der Waals surface area contributed by atoms with E-state index < -0.39 is 30.2 Å². The van der Waals surface area contributed by atoms with Gasteiger partial charge in [-0.2, -0.15) is 13.2 Å². The van der Waals surface area contributed by atoms with Crippen LogP contribution >= 0.6 is 12.4 Å². The van der Waals surface area contributed by atoms with Crippen LogP contribution < -0.4 is 5.73 Å². The SMILES string of the molecule is Cl.N[C@H](CO)c1cc(C(F)(F)F)ccc1F. The Morgan fingerprint density at radius 1 is 1.31 bits per heavy atom. The van der Waals surface area contributed by atoms with Crippen LogP contribution in [0.5, 0.6) is 0 Å². The molecule has 0 aliphatic carbocycles. The predicted octanol–water partition coefficient (Wildman–Crippen LogP) is 2.26. The molecule has 1 aromatic carbocycles. The molecule has 0 unspecified atom stereocenters. The summed E-state index contributed by atoms with van der Waals surface area (Å²) in [7, 11) is 0. The van der Waals surface area contributed by atoms with Crippen molar-refractivity contribution in [1.29, 1.82) is 0 Å². The Bertz CT molecular complexity index is 356. The van der Waals surface area contributed by atoms with E-state index in [2.05, 4.69) is 0 Å². The Kier molecular flexibility index (Phi) is 5.18. The summed E-state index contributed by atoms with van der Waals surface area (Å²) < 4.78 is 49.8. The molecule has 7 heteroatoms. The number of hydrogen-bond donors (Lipinski definition) is 2. The quantitative estimate of drug-likeness (QED) is 0.801. The normalized spacial score (nSPS) is 13.1. The van der Waals surface area contributed by atoms with E-state index in [1.807, 2.05) is 0 Å². The molecule has 1 aromatic rings. The van der Waals surface area contributed by atoms with E-state index in [1.54, 1.807) is 0 Å². The Morgan fingerprint density at radius 2 is 1.88 bits per heavy atom. The van der Waals surface area contributed by atoms with Crippen LogP contribution in [0.1, 0.15) is 17.2 Å². The number of nitrogens with two attached hydrogens (primary N) is 1. The highest BCUT2D eigenvalue weighted by atomic mass is 35.5. The second kappa shape index (κ2) is 5.47. The summed E-state index contributed by atoms with van der Waals surface area (Å²) >= 11 is 0. The molecule has 1 atom stereocenters. The van der Waals surface area contributed by atoms with Gasteiger partial charge in [0.1, 0.15) is 5.82 Å². The molecule has 0 radical (unpaired) electrons. The maximum Gasteiger partial charge on any atom is 0.416 e. The fourth-order valence-electron chi connectivity index (χ4n) is 1.10. The van der Waals surface area contributed by atoms with Gasteiger partial charge in [0, 0.05) is 5.56 Å². The third-order valence-corrected chi connectivity index (χ3v) is 1.92. The predicted molar refractivity (Wildman–Crippen MR) is 52.7 cm³/mol. The first-order valence-electron chi connectivity index (χ1n) is 4.09. The van der Waals surface area contributed by atoms with Crippen molar-refractivity contribution >= 4 is 12.4 Å². The van der Waals surface area contributed by atoms with Crippen LogP contribution in [0.15, 0.2) is 18.2 Å². The van der Waals surface area contributed by atoms with Crippen LogP contribution in [0, 0.1) is 5.82 Å². The molecule has 0 saturated carbocycles. The Hall–Kier alpha value is -0.850. The van der Waals surface area contributed by atoms with E-state index in [-0.39, 0.29) is 18.0 Å². The van der Waals surface area contributed by atoms with Crippen LogP contribution in [0.4, 0.5) is 17.6 Å². The summed E-state index contributed by atoms with van der Waals surface area (Å²) in [4.78, 5) is 0. The summed E-state index contributed by atoms with van der Waals surface area (Å²) in [6.07, 6.45) is -4.54. The lowest BCUT2D eigenvalue weighted by atomic mass is 10.0. The van der Waals surface area contributed by atoms with Gasteiger partial charge in [-0.1, -0.05) is 0 Å². The molecule has 92 valence electrons. The van der Waals surface area contributed by atoms with E-state index in [9.17, 15) is 17.6 Å². The summed E-state index contributed by atoms with van der Waals surface area (Å²) in [5.41, 5.74) is 3.93. The number of aliphatic hydroxyl groups is 1. The number of halogens is 5. The number of hydrogen-bond acceptors (Lipinski definition) is 2. The van der Waals surface area contributed by atoms with Gasteiger partial charge in [-0.25, -0.2) is 4.39 Å². The zero-order valence-corrected chi connectivity index (χ0v) is 8.78. The molecule has 0 aliphatic heterocycles. The fraction of sp³-hybridized carbons (Fsp3) is 0.333. The third kappa shape index (κ3) is 3.33. The molecule has 0 aliphatic rings. The zero-order valence-electron chi connectivity index (χ0n) is 7.96. The highest BCUT2D eigenvalue weighted by molar-refractivity contribution is 5.85. The molecule has 2 nitrogen and oxygen atoms in total. The van der Waals surface area contributed by atoms with Crippen LogP contribution in [-0.2, 0) is 6.18 Å². The van der Waals surface area contributed by atoms with Gasteiger partial charge < -0.3 is 10.8 Å². The number of aliphatic hydroxyl groups excluding tert-OH is 1. The molecule has 3 N–H and O–H groups in total. The molecule has 0 fully saturated rings. The Morgan fingerprint density at radius 3 is 2.31 bits per heavy atom. The van der Waals surface area contributed by atoms with Crippen LogP contribution in [-0.4, -0.2) is 11.7 Å². The van der Waals surface area contributed by atoms with Crippen LogP contribution in [0.2, 0.25) is 0 Å². The van der Waals surface area contributed by atoms with Crippen molar-refractivity contribution in [3.8, 4) is 0 Å². The third-order valence-electron chi connectivity index (χ3n) is 1.92. The average molecular weight is 260 g/mol. The summed E-state index contributed by atoms with van der Waals surface area (Å²) in [5.74, 6) is -0.857. The molecule has 1 rings (SSSR count). The molecule has 0 aromatic heterocycles. The first-order valence-corrected chi connectivity index (χ1v) is 4.09. The maximum absolute atomic E-state index is 13.0. The van der Waals surface area contributed by atoms with Crippen molar-refractivity contribution in [3.63, 3.8) is 0 Å². The highest BCUT2D eigenvalue weighted by Crippen LogP contribution is 2.31. The minimum absolute atomic E-state index is 0. The van der Waals surface area contributed by atoms with Gasteiger partial charge in [0.15, 0.2) is 0 Å². The molecule has 0 heterocycles. The molecular weight excluding hydrogens is 250 g/mol. The topological polar surface area (TPSA) is 46.2 Å². The fourth-order valence-corrected chi connectivity index (χ4v) is 1.10. The van der Waals surface area contributed by atoms with Gasteiger partial charge >= 0.3 is 6.18 Å². The van der Waals surface area contributed by atoms with Crippen molar-refractivity contribution < 1.29 is 22.7 Å². The minimum Gasteiger partial charge on any atom is -0.394 e. The molecule has 0 saturated heterocycles.